The van der Waals surface area contributed by atoms with Crippen molar-refractivity contribution in [1.29, 1.82) is 0 Å². The maximum Gasteiger partial charge on any atom is 0.417 e. The molecule has 0 amide bonds. The van der Waals surface area contributed by atoms with Crippen LogP contribution >= 0.6 is 11.3 Å². The minimum atomic E-state index is -4.50. The summed E-state index contributed by atoms with van der Waals surface area (Å²) in [4.78, 5) is 18.7. The summed E-state index contributed by atoms with van der Waals surface area (Å²) in [6.45, 7) is 1.77. The average molecular weight is 338 g/mol. The van der Waals surface area contributed by atoms with Crippen LogP contribution in [0.25, 0.3) is 10.3 Å². The molecule has 0 aromatic carbocycles. The Kier molecular flexibility index (Phi) is 4.57. The van der Waals surface area contributed by atoms with Gasteiger partial charge >= 0.3 is 12.1 Å². The molecule has 2 aromatic rings. The molecule has 0 N–H and O–H groups in total. The van der Waals surface area contributed by atoms with E-state index in [0.717, 1.165) is 17.4 Å². The van der Waals surface area contributed by atoms with Crippen LogP contribution in [-0.2, 0) is 26.5 Å². The summed E-state index contributed by atoms with van der Waals surface area (Å²) in [6.07, 6.45) is -3.84. The van der Waals surface area contributed by atoms with Crippen molar-refractivity contribution in [1.82, 2.24) is 9.97 Å². The highest BCUT2D eigenvalue weighted by atomic mass is 32.2. The lowest BCUT2D eigenvalue weighted by molar-refractivity contribution is -0.140. The Hall–Kier alpha value is -1.55. The minimum Gasteiger partial charge on any atom is -0.465 e. The van der Waals surface area contributed by atoms with Gasteiger partial charge in [-0.3, -0.25) is 9.00 Å². The Morgan fingerprint density at radius 2 is 2.19 bits per heavy atom. The van der Waals surface area contributed by atoms with Crippen LogP contribution in [0.15, 0.2) is 16.6 Å². The van der Waals surface area contributed by atoms with Crippen LogP contribution in [-0.4, -0.2) is 32.5 Å². The summed E-state index contributed by atoms with van der Waals surface area (Å²) in [6, 6.07) is 0.894. The van der Waals surface area contributed by atoms with Gasteiger partial charge in [-0.2, -0.15) is 13.2 Å². The summed E-state index contributed by atoms with van der Waals surface area (Å²) in [5, 5.41) is 0. The number of hydrogen-bond donors (Lipinski definition) is 0. The monoisotopic (exact) mass is 338 g/mol. The fraction of sp³-hybridized carbons (Fsp3) is 0.364. The van der Waals surface area contributed by atoms with Crippen LogP contribution in [0.4, 0.5) is 13.2 Å². The highest BCUT2D eigenvalue weighted by Gasteiger charge is 2.31. The van der Waals surface area contributed by atoms with Crippen molar-refractivity contribution < 1.29 is 26.9 Å². The number of rotatable bonds is 4. The van der Waals surface area contributed by atoms with E-state index in [1.54, 1.807) is 6.92 Å². The molecule has 114 valence electrons. The van der Waals surface area contributed by atoms with Crippen LogP contribution < -0.4 is 0 Å². The van der Waals surface area contributed by atoms with Crippen molar-refractivity contribution >= 4 is 38.5 Å². The predicted molar refractivity (Wildman–Crippen MR) is 70.3 cm³/mol. The zero-order valence-corrected chi connectivity index (χ0v) is 12.3. The number of nitrogens with zero attached hydrogens (tertiary/aromatic N) is 2. The number of ether oxygens (including phenoxy) is 1. The van der Waals surface area contributed by atoms with Crippen molar-refractivity contribution in [2.75, 3.05) is 12.4 Å². The van der Waals surface area contributed by atoms with Gasteiger partial charge in [0.2, 0.25) is 0 Å². The smallest absolute Gasteiger partial charge is 0.417 e. The normalized spacial score (nSPS) is 13.3. The third kappa shape index (κ3) is 3.76. The van der Waals surface area contributed by atoms with Gasteiger partial charge in [0, 0.05) is 6.20 Å². The number of hydrogen-bond acceptors (Lipinski definition) is 6. The minimum absolute atomic E-state index is 0.0462. The van der Waals surface area contributed by atoms with Gasteiger partial charge in [0.1, 0.15) is 5.75 Å². The first-order valence-corrected chi connectivity index (χ1v) is 7.82. The van der Waals surface area contributed by atoms with Gasteiger partial charge in [0.25, 0.3) is 0 Å². The highest BCUT2D eigenvalue weighted by molar-refractivity contribution is 7.88. The number of alkyl halides is 3. The zero-order valence-electron chi connectivity index (χ0n) is 10.6. The zero-order chi connectivity index (χ0) is 15.6. The second-order valence-electron chi connectivity index (χ2n) is 3.82. The molecule has 0 bridgehead atoms. The van der Waals surface area contributed by atoms with E-state index in [4.69, 9.17) is 0 Å². The van der Waals surface area contributed by atoms with Gasteiger partial charge in [-0.15, -0.1) is 11.3 Å². The van der Waals surface area contributed by atoms with Crippen molar-refractivity contribution in [2.24, 2.45) is 0 Å². The summed E-state index contributed by atoms with van der Waals surface area (Å²) < 4.78 is 54.4. The van der Waals surface area contributed by atoms with Crippen LogP contribution in [0.5, 0.6) is 0 Å². The number of carbonyl (C=O) groups excluding carboxylic acids is 1. The molecule has 0 aliphatic rings. The molecule has 0 aliphatic carbocycles. The molecule has 0 spiro atoms. The van der Waals surface area contributed by atoms with Crippen LogP contribution in [0, 0.1) is 0 Å². The molecule has 1 unspecified atom stereocenters. The Bertz CT molecular complexity index is 700. The van der Waals surface area contributed by atoms with Gasteiger partial charge < -0.3 is 4.74 Å². The maximum atomic E-state index is 12.6. The van der Waals surface area contributed by atoms with E-state index < -0.39 is 28.5 Å². The van der Waals surface area contributed by atoms with Crippen molar-refractivity contribution in [3.05, 3.63) is 17.8 Å². The van der Waals surface area contributed by atoms with E-state index in [-0.39, 0.29) is 27.0 Å². The SMILES string of the molecule is CCOC(=O)CS(=O)c1nc2ncc(C(F)(F)F)cc2s1. The number of aromatic nitrogens is 2. The standard InChI is InChI=1S/C11H9F3N2O3S2/c1-2-19-8(17)5-21(18)10-16-9-7(20-10)3-6(4-15-9)11(12,13)14/h3-4H,2,5H2,1H3. The van der Waals surface area contributed by atoms with Crippen molar-refractivity contribution in [2.45, 2.75) is 17.4 Å². The lowest BCUT2D eigenvalue weighted by Crippen LogP contribution is -2.13. The lowest BCUT2D eigenvalue weighted by atomic mass is 10.3. The predicted octanol–water partition coefficient (Wildman–Crippen LogP) is 2.38. The fourth-order valence-electron chi connectivity index (χ4n) is 1.42. The Balaban J connectivity index is 2.26. The summed E-state index contributed by atoms with van der Waals surface area (Å²) in [7, 11) is -1.76. The molecule has 0 fully saturated rings. The largest absolute Gasteiger partial charge is 0.465 e. The number of fused-ring (bicyclic) bond motifs is 1. The van der Waals surface area contributed by atoms with E-state index in [1.807, 2.05) is 0 Å². The Morgan fingerprint density at radius 3 is 2.81 bits per heavy atom. The van der Waals surface area contributed by atoms with Gasteiger partial charge in [0.15, 0.2) is 9.99 Å². The van der Waals surface area contributed by atoms with Crippen LogP contribution in [0.3, 0.4) is 0 Å². The number of pyridine rings is 1. The molecular formula is C11H9F3N2O3S2. The maximum absolute atomic E-state index is 12.6. The average Bonchev–Trinajstić information content (AvgIpc) is 2.80. The third-order valence-electron chi connectivity index (χ3n) is 2.30. The van der Waals surface area contributed by atoms with Crippen LogP contribution in [0.1, 0.15) is 12.5 Å². The van der Waals surface area contributed by atoms with E-state index >= 15 is 0 Å². The first-order chi connectivity index (χ1) is 9.81. The molecule has 1 atom stereocenters. The highest BCUT2D eigenvalue weighted by Crippen LogP contribution is 2.32. The van der Waals surface area contributed by atoms with Gasteiger partial charge in [0.05, 0.1) is 27.7 Å². The van der Waals surface area contributed by atoms with Gasteiger partial charge in [-0.05, 0) is 13.0 Å². The van der Waals surface area contributed by atoms with Crippen LogP contribution in [0.2, 0.25) is 0 Å². The first kappa shape index (κ1) is 15.8. The van der Waals surface area contributed by atoms with Gasteiger partial charge in [-0.25, -0.2) is 9.97 Å². The number of carbonyl (C=O) groups is 1. The van der Waals surface area contributed by atoms with Gasteiger partial charge in [-0.1, -0.05) is 0 Å². The summed E-state index contributed by atoms with van der Waals surface area (Å²) in [5.74, 6) is -1.04. The quantitative estimate of drug-likeness (QED) is 0.801. The van der Waals surface area contributed by atoms with Crippen molar-refractivity contribution in [3.8, 4) is 0 Å². The first-order valence-electron chi connectivity index (χ1n) is 5.69. The van der Waals surface area contributed by atoms with E-state index in [0.29, 0.717) is 6.20 Å². The second-order valence-corrected chi connectivity index (χ2v) is 6.47. The number of halogens is 3. The second kappa shape index (κ2) is 6.06. The molecule has 0 radical (unpaired) electrons. The molecule has 0 saturated carbocycles. The molecule has 0 aliphatic heterocycles. The number of thiazole rings is 1. The molecule has 2 aromatic heterocycles. The topological polar surface area (TPSA) is 69.2 Å². The summed E-state index contributed by atoms with van der Waals surface area (Å²) >= 11 is 0.814. The molecule has 0 saturated heterocycles. The number of esters is 1. The Morgan fingerprint density at radius 1 is 1.48 bits per heavy atom. The van der Waals surface area contributed by atoms with E-state index in [1.165, 1.54) is 0 Å². The molecule has 2 rings (SSSR count). The molecule has 10 heteroatoms. The van der Waals surface area contributed by atoms with E-state index in [9.17, 15) is 22.2 Å². The summed E-state index contributed by atoms with van der Waals surface area (Å²) in [5.41, 5.74) is -0.832. The molecular weight excluding hydrogens is 329 g/mol. The Labute approximate surface area is 123 Å². The fourth-order valence-corrected chi connectivity index (χ4v) is 3.55. The molecule has 2 heterocycles. The molecule has 21 heavy (non-hydrogen) atoms. The molecule has 5 nitrogen and oxygen atoms in total. The van der Waals surface area contributed by atoms with E-state index in [2.05, 4.69) is 14.7 Å². The third-order valence-corrected chi connectivity index (χ3v) is 4.88. The van der Waals surface area contributed by atoms with Crippen molar-refractivity contribution in [3.63, 3.8) is 0 Å². The lowest BCUT2D eigenvalue weighted by Gasteiger charge is -2.04.